The lowest BCUT2D eigenvalue weighted by Gasteiger charge is -2.36. The first-order valence-corrected chi connectivity index (χ1v) is 8.02. The Labute approximate surface area is 127 Å². The number of hydrogen-bond donors (Lipinski definition) is 1. The van der Waals surface area contributed by atoms with Crippen LogP contribution in [0.15, 0.2) is 30.3 Å². The monoisotopic (exact) mass is 283 g/mol. The van der Waals surface area contributed by atoms with Crippen molar-refractivity contribution in [1.82, 2.24) is 4.98 Å². The van der Waals surface area contributed by atoms with Gasteiger partial charge in [-0.25, -0.2) is 0 Å². The summed E-state index contributed by atoms with van der Waals surface area (Å²) >= 11 is 0. The van der Waals surface area contributed by atoms with Gasteiger partial charge in [-0.3, -0.25) is 4.98 Å². The fourth-order valence-electron chi connectivity index (χ4n) is 3.38. The number of piperidine rings is 1. The first kappa shape index (κ1) is 14.3. The molecule has 3 rings (SSSR count). The minimum absolute atomic E-state index is 0.500. The van der Waals surface area contributed by atoms with E-state index in [0.717, 1.165) is 36.1 Å². The van der Waals surface area contributed by atoms with Crippen molar-refractivity contribution in [2.75, 3.05) is 18.0 Å². The molecule has 112 valence electrons. The number of nitrogens with two attached hydrogens (primary N) is 1. The van der Waals surface area contributed by atoms with Crippen molar-refractivity contribution in [2.24, 2.45) is 17.6 Å². The van der Waals surface area contributed by atoms with Crippen molar-refractivity contribution >= 4 is 16.6 Å². The number of pyridine rings is 1. The molecule has 0 spiro atoms. The zero-order chi connectivity index (χ0) is 14.8. The normalized spacial score (nSPS) is 16.9. The number of para-hydroxylation sites is 1. The Morgan fingerprint density at radius 1 is 1.24 bits per heavy atom. The highest BCUT2D eigenvalue weighted by Gasteiger charge is 2.23. The molecule has 21 heavy (non-hydrogen) atoms. The van der Waals surface area contributed by atoms with Crippen LogP contribution in [-0.4, -0.2) is 18.1 Å². The maximum atomic E-state index is 5.82. The topological polar surface area (TPSA) is 42.1 Å². The molecular weight excluding hydrogens is 258 g/mol. The lowest BCUT2D eigenvalue weighted by atomic mass is 9.86. The first-order chi connectivity index (χ1) is 10.2. The predicted octanol–water partition coefficient (Wildman–Crippen LogP) is 3.57. The van der Waals surface area contributed by atoms with E-state index in [4.69, 9.17) is 5.73 Å². The van der Waals surface area contributed by atoms with Crippen LogP contribution in [-0.2, 0) is 6.54 Å². The molecule has 2 N–H and O–H groups in total. The summed E-state index contributed by atoms with van der Waals surface area (Å²) in [7, 11) is 0. The summed E-state index contributed by atoms with van der Waals surface area (Å²) in [6.45, 7) is 7.46. The van der Waals surface area contributed by atoms with E-state index in [1.54, 1.807) is 0 Å². The number of rotatable bonds is 3. The molecule has 0 aliphatic carbocycles. The third-order valence-electron chi connectivity index (χ3n) is 4.78. The van der Waals surface area contributed by atoms with Crippen molar-refractivity contribution in [1.29, 1.82) is 0 Å². The lowest BCUT2D eigenvalue weighted by molar-refractivity contribution is 0.311. The average Bonchev–Trinajstić information content (AvgIpc) is 2.53. The Morgan fingerprint density at radius 3 is 2.62 bits per heavy atom. The highest BCUT2D eigenvalue weighted by atomic mass is 15.1. The van der Waals surface area contributed by atoms with E-state index >= 15 is 0 Å². The molecule has 0 bridgehead atoms. The van der Waals surface area contributed by atoms with Gasteiger partial charge in [0.15, 0.2) is 0 Å². The molecule has 1 fully saturated rings. The summed E-state index contributed by atoms with van der Waals surface area (Å²) < 4.78 is 0. The zero-order valence-corrected chi connectivity index (χ0v) is 13.0. The first-order valence-electron chi connectivity index (χ1n) is 8.02. The van der Waals surface area contributed by atoms with E-state index in [1.807, 2.05) is 6.07 Å². The highest BCUT2D eigenvalue weighted by molar-refractivity contribution is 5.92. The summed E-state index contributed by atoms with van der Waals surface area (Å²) in [6.07, 6.45) is 2.57. The van der Waals surface area contributed by atoms with Gasteiger partial charge in [0.05, 0.1) is 11.2 Å². The molecule has 2 heterocycles. The van der Waals surface area contributed by atoms with Gasteiger partial charge in [0.1, 0.15) is 0 Å². The molecule has 0 radical (unpaired) electrons. The third-order valence-corrected chi connectivity index (χ3v) is 4.78. The number of fused-ring (bicyclic) bond motifs is 1. The van der Waals surface area contributed by atoms with E-state index in [0.29, 0.717) is 6.54 Å². The average molecular weight is 283 g/mol. The van der Waals surface area contributed by atoms with E-state index in [-0.39, 0.29) is 0 Å². The van der Waals surface area contributed by atoms with Crippen molar-refractivity contribution < 1.29 is 0 Å². The van der Waals surface area contributed by atoms with E-state index in [9.17, 15) is 0 Å². The molecule has 1 aliphatic rings. The van der Waals surface area contributed by atoms with Gasteiger partial charge in [0.25, 0.3) is 0 Å². The maximum Gasteiger partial charge on any atom is 0.0726 e. The second-order valence-corrected chi connectivity index (χ2v) is 6.42. The standard InChI is InChI=1S/C18H25N3/c1-13(2)14-7-9-21(10-8-14)18-11-15(12-19)20-17-6-4-3-5-16(17)18/h3-6,11,13-14H,7-10,12,19H2,1-2H3. The molecule has 0 atom stereocenters. The summed E-state index contributed by atoms with van der Waals surface area (Å²) in [4.78, 5) is 7.16. The smallest absolute Gasteiger partial charge is 0.0726 e. The minimum Gasteiger partial charge on any atom is -0.371 e. The van der Waals surface area contributed by atoms with E-state index in [2.05, 4.69) is 48.0 Å². The van der Waals surface area contributed by atoms with Crippen LogP contribution in [0.2, 0.25) is 0 Å². The summed E-state index contributed by atoms with van der Waals surface area (Å²) in [5, 5.41) is 1.25. The van der Waals surface area contributed by atoms with Gasteiger partial charge >= 0.3 is 0 Å². The maximum absolute atomic E-state index is 5.82. The fraction of sp³-hybridized carbons (Fsp3) is 0.500. The molecular formula is C18H25N3. The van der Waals surface area contributed by atoms with Crippen molar-refractivity contribution in [2.45, 2.75) is 33.2 Å². The van der Waals surface area contributed by atoms with Crippen molar-refractivity contribution in [3.05, 3.63) is 36.0 Å². The van der Waals surface area contributed by atoms with Gasteiger partial charge in [0.2, 0.25) is 0 Å². The Hall–Kier alpha value is -1.61. The number of anilines is 1. The number of nitrogens with zero attached hydrogens (tertiary/aromatic N) is 2. The molecule has 1 saturated heterocycles. The molecule has 3 nitrogen and oxygen atoms in total. The quantitative estimate of drug-likeness (QED) is 0.936. The minimum atomic E-state index is 0.500. The van der Waals surface area contributed by atoms with Gasteiger partial charge in [-0.05, 0) is 36.8 Å². The molecule has 1 aromatic heterocycles. The van der Waals surface area contributed by atoms with Crippen LogP contribution in [0, 0.1) is 11.8 Å². The number of aromatic nitrogens is 1. The van der Waals surface area contributed by atoms with Gasteiger partial charge in [-0.1, -0.05) is 32.0 Å². The highest BCUT2D eigenvalue weighted by Crippen LogP contribution is 2.32. The fourth-order valence-corrected chi connectivity index (χ4v) is 3.38. The van der Waals surface area contributed by atoms with Crippen LogP contribution in [0.4, 0.5) is 5.69 Å². The van der Waals surface area contributed by atoms with Crippen LogP contribution < -0.4 is 10.6 Å². The lowest BCUT2D eigenvalue weighted by Crippen LogP contribution is -2.35. The Balaban J connectivity index is 1.93. The van der Waals surface area contributed by atoms with E-state index < -0.39 is 0 Å². The second-order valence-electron chi connectivity index (χ2n) is 6.42. The predicted molar refractivity (Wildman–Crippen MR) is 89.4 cm³/mol. The molecule has 3 heteroatoms. The SMILES string of the molecule is CC(C)C1CCN(c2cc(CN)nc3ccccc23)CC1. The number of hydrogen-bond acceptors (Lipinski definition) is 3. The molecule has 1 aromatic carbocycles. The summed E-state index contributed by atoms with van der Waals surface area (Å²) in [5.74, 6) is 1.66. The second kappa shape index (κ2) is 6.02. The Morgan fingerprint density at radius 2 is 1.95 bits per heavy atom. The Bertz CT molecular complexity index is 613. The van der Waals surface area contributed by atoms with Gasteiger partial charge in [-0.2, -0.15) is 0 Å². The Kier molecular flexibility index (Phi) is 4.11. The molecule has 1 aliphatic heterocycles. The molecule has 0 amide bonds. The molecule has 2 aromatic rings. The summed E-state index contributed by atoms with van der Waals surface area (Å²) in [5.41, 5.74) is 9.17. The van der Waals surface area contributed by atoms with Gasteiger partial charge in [-0.15, -0.1) is 0 Å². The van der Waals surface area contributed by atoms with Crippen molar-refractivity contribution in [3.63, 3.8) is 0 Å². The largest absolute Gasteiger partial charge is 0.371 e. The van der Waals surface area contributed by atoms with Crippen molar-refractivity contribution in [3.8, 4) is 0 Å². The van der Waals surface area contributed by atoms with Gasteiger partial charge in [0, 0.05) is 30.7 Å². The number of benzene rings is 1. The molecule has 0 saturated carbocycles. The van der Waals surface area contributed by atoms with Crippen LogP contribution in [0.1, 0.15) is 32.4 Å². The van der Waals surface area contributed by atoms with Gasteiger partial charge < -0.3 is 10.6 Å². The van der Waals surface area contributed by atoms with E-state index in [1.165, 1.54) is 23.9 Å². The third kappa shape index (κ3) is 2.88. The molecule has 0 unspecified atom stereocenters. The zero-order valence-electron chi connectivity index (χ0n) is 13.0. The van der Waals surface area contributed by atoms with Crippen LogP contribution in [0.25, 0.3) is 10.9 Å². The van der Waals surface area contributed by atoms with Crippen LogP contribution >= 0.6 is 0 Å². The van der Waals surface area contributed by atoms with Crippen LogP contribution in [0.5, 0.6) is 0 Å². The summed E-state index contributed by atoms with van der Waals surface area (Å²) in [6, 6.07) is 10.6. The van der Waals surface area contributed by atoms with Crippen LogP contribution in [0.3, 0.4) is 0 Å².